The fraction of sp³-hybridized carbons (Fsp3) is 0.562. The molecule has 5 rings (SSSR count). The number of Topliss-reactive ketones (excluding diaryl/α,β-unsaturated/α-hetero) is 1. The molecule has 0 saturated carbocycles. The first-order valence-corrected chi connectivity index (χ1v) is 15.3. The molecule has 1 spiro atoms. The molecule has 5 nitrogen and oxygen atoms in total. The first-order valence-electron chi connectivity index (χ1n) is 14.6. The third kappa shape index (κ3) is 5.57. The van der Waals surface area contributed by atoms with Crippen molar-refractivity contribution in [2.75, 3.05) is 25.0 Å². The Hall–Kier alpha value is -1.99. The number of hydrogen-bond acceptors (Lipinski definition) is 4. The lowest BCUT2D eigenvalue weighted by Crippen LogP contribution is -2.49. The number of hydrogen-bond donors (Lipinski definition) is 2. The maximum absolute atomic E-state index is 15.8. The molecule has 0 aromatic heterocycles. The summed E-state index contributed by atoms with van der Waals surface area (Å²) in [6.45, 7) is 9.75. The Bertz CT molecular complexity index is 1270. The Labute approximate surface area is 247 Å². The molecule has 1 amide bonds. The van der Waals surface area contributed by atoms with Crippen molar-refractivity contribution in [2.45, 2.75) is 89.1 Å². The maximum Gasteiger partial charge on any atom is 0.237 e. The van der Waals surface area contributed by atoms with E-state index in [9.17, 15) is 9.59 Å². The molecular formula is C32H40Cl2FN3O2. The highest BCUT2D eigenvalue weighted by Crippen LogP contribution is 2.57. The number of halogens is 3. The first-order chi connectivity index (χ1) is 19.0. The lowest BCUT2D eigenvalue weighted by atomic mass is 9.62. The number of carbonyl (C=O) groups is 2. The minimum Gasteiger partial charge on any atom is -0.325 e. The van der Waals surface area contributed by atoms with Gasteiger partial charge in [0.25, 0.3) is 0 Å². The minimum atomic E-state index is -1.20. The topological polar surface area (TPSA) is 61.4 Å². The van der Waals surface area contributed by atoms with Crippen LogP contribution >= 0.6 is 23.2 Å². The van der Waals surface area contributed by atoms with E-state index in [4.69, 9.17) is 23.2 Å². The molecule has 2 N–H and O–H groups in total. The zero-order valence-electron chi connectivity index (χ0n) is 23.7. The SMILES string of the molecule is CC(C)(C)C[C@H]1N[C@@H](C(=O)CCCCCN2CCCC2)[C@H](c2cccc(Cl)c2F)[C@@]12C(=O)Nc1cc(Cl)ccc12. The summed E-state index contributed by atoms with van der Waals surface area (Å²) in [4.78, 5) is 30.6. The summed E-state index contributed by atoms with van der Waals surface area (Å²) in [5.41, 5.74) is 0.288. The van der Waals surface area contributed by atoms with Gasteiger partial charge in [0.15, 0.2) is 0 Å². The van der Waals surface area contributed by atoms with E-state index in [0.717, 1.165) is 31.4 Å². The Kier molecular flexibility index (Phi) is 8.64. The van der Waals surface area contributed by atoms with Crippen LogP contribution in [0.4, 0.5) is 10.1 Å². The minimum absolute atomic E-state index is 0.0107. The summed E-state index contributed by atoms with van der Waals surface area (Å²) >= 11 is 12.6. The third-order valence-electron chi connectivity index (χ3n) is 8.88. The molecule has 8 heteroatoms. The zero-order valence-corrected chi connectivity index (χ0v) is 25.2. The highest BCUT2D eigenvalue weighted by atomic mass is 35.5. The second-order valence-corrected chi connectivity index (χ2v) is 13.8. The average molecular weight is 589 g/mol. The van der Waals surface area contributed by atoms with Crippen LogP contribution < -0.4 is 10.6 Å². The van der Waals surface area contributed by atoms with Crippen LogP contribution in [0.2, 0.25) is 10.0 Å². The number of unbranched alkanes of at least 4 members (excludes halogenated alkanes) is 2. The van der Waals surface area contributed by atoms with Crippen molar-refractivity contribution >= 4 is 40.6 Å². The smallest absolute Gasteiger partial charge is 0.237 e. The standard InChI is InChI=1S/C32H40Cl2FN3O2/c1-31(2,3)19-26-32(22-14-13-20(33)18-24(22)36-30(32)40)27(21-10-9-11-23(34)28(21)35)29(37-26)25(39)12-5-4-6-15-38-16-7-8-17-38/h9-11,13-14,18,26-27,29,37H,4-8,12,15-17,19H2,1-3H3,(H,36,40)/t26-,27+,29+,32+/m1/s1. The molecule has 2 aromatic carbocycles. The van der Waals surface area contributed by atoms with Gasteiger partial charge in [0, 0.05) is 29.1 Å². The van der Waals surface area contributed by atoms with E-state index < -0.39 is 29.2 Å². The fourth-order valence-electron chi connectivity index (χ4n) is 7.18. The Morgan fingerprint density at radius 3 is 2.58 bits per heavy atom. The molecule has 0 unspecified atom stereocenters. The number of benzene rings is 2. The van der Waals surface area contributed by atoms with Crippen LogP contribution in [0.15, 0.2) is 36.4 Å². The molecular weight excluding hydrogens is 548 g/mol. The predicted molar refractivity (Wildman–Crippen MR) is 160 cm³/mol. The summed E-state index contributed by atoms with van der Waals surface area (Å²) in [7, 11) is 0. The van der Waals surface area contributed by atoms with E-state index in [1.54, 1.807) is 24.3 Å². The van der Waals surface area contributed by atoms with Crippen molar-refractivity contribution in [3.05, 3.63) is 63.4 Å². The van der Waals surface area contributed by atoms with Crippen LogP contribution in [-0.2, 0) is 15.0 Å². The molecule has 4 atom stereocenters. The van der Waals surface area contributed by atoms with Crippen molar-refractivity contribution in [2.24, 2.45) is 5.41 Å². The van der Waals surface area contributed by atoms with Gasteiger partial charge in [0.05, 0.1) is 11.1 Å². The van der Waals surface area contributed by atoms with Crippen LogP contribution in [0.3, 0.4) is 0 Å². The van der Waals surface area contributed by atoms with Crippen molar-refractivity contribution in [3.63, 3.8) is 0 Å². The molecule has 2 saturated heterocycles. The van der Waals surface area contributed by atoms with Crippen molar-refractivity contribution < 1.29 is 14.0 Å². The van der Waals surface area contributed by atoms with Gasteiger partial charge in [-0.05, 0) is 86.5 Å². The summed E-state index contributed by atoms with van der Waals surface area (Å²) in [5.74, 6) is -1.57. The van der Waals surface area contributed by atoms with Gasteiger partial charge in [0.2, 0.25) is 5.91 Å². The maximum atomic E-state index is 15.8. The van der Waals surface area contributed by atoms with Gasteiger partial charge in [-0.15, -0.1) is 0 Å². The summed E-state index contributed by atoms with van der Waals surface area (Å²) < 4.78 is 15.8. The van der Waals surface area contributed by atoms with Gasteiger partial charge in [-0.25, -0.2) is 4.39 Å². The van der Waals surface area contributed by atoms with E-state index in [1.165, 1.54) is 32.0 Å². The van der Waals surface area contributed by atoms with Crippen LogP contribution in [0.1, 0.15) is 82.8 Å². The molecule has 2 fully saturated rings. The van der Waals surface area contributed by atoms with Crippen molar-refractivity contribution in [3.8, 4) is 0 Å². The van der Waals surface area contributed by atoms with E-state index in [1.807, 2.05) is 6.07 Å². The summed E-state index contributed by atoms with van der Waals surface area (Å²) in [6, 6.07) is 9.09. The Balaban J connectivity index is 1.52. The van der Waals surface area contributed by atoms with E-state index >= 15 is 4.39 Å². The third-order valence-corrected chi connectivity index (χ3v) is 9.41. The van der Waals surface area contributed by atoms with Gasteiger partial charge in [-0.3, -0.25) is 9.59 Å². The van der Waals surface area contributed by atoms with Gasteiger partial charge in [0.1, 0.15) is 17.0 Å². The molecule has 216 valence electrons. The summed E-state index contributed by atoms with van der Waals surface area (Å²) in [6.07, 6.45) is 6.32. The number of amides is 1. The van der Waals surface area contributed by atoms with Crippen LogP contribution in [0.5, 0.6) is 0 Å². The monoisotopic (exact) mass is 587 g/mol. The molecule has 40 heavy (non-hydrogen) atoms. The van der Waals surface area contributed by atoms with Crippen LogP contribution in [-0.4, -0.2) is 48.3 Å². The van der Waals surface area contributed by atoms with Crippen LogP contribution in [0.25, 0.3) is 0 Å². The number of carbonyl (C=O) groups excluding carboxylic acids is 2. The van der Waals surface area contributed by atoms with Gasteiger partial charge >= 0.3 is 0 Å². The zero-order chi connectivity index (χ0) is 28.7. The quantitative estimate of drug-likeness (QED) is 0.307. The predicted octanol–water partition coefficient (Wildman–Crippen LogP) is 7.11. The normalized spacial score (nSPS) is 26.4. The second kappa shape index (κ2) is 11.7. The van der Waals surface area contributed by atoms with Gasteiger partial charge in [-0.2, -0.15) is 0 Å². The molecule has 3 aliphatic rings. The lowest BCUT2D eigenvalue weighted by Gasteiger charge is -2.37. The number of nitrogens with zero attached hydrogens (tertiary/aromatic N) is 1. The first kappa shape index (κ1) is 29.5. The van der Waals surface area contributed by atoms with Gasteiger partial charge < -0.3 is 15.5 Å². The highest BCUT2D eigenvalue weighted by Gasteiger charge is 2.65. The largest absolute Gasteiger partial charge is 0.325 e. The number of likely N-dealkylation sites (tertiary alicyclic amines) is 1. The van der Waals surface area contributed by atoms with E-state index in [2.05, 4.69) is 36.3 Å². The van der Waals surface area contributed by atoms with E-state index in [0.29, 0.717) is 29.1 Å². The molecule has 2 aromatic rings. The van der Waals surface area contributed by atoms with Gasteiger partial charge in [-0.1, -0.05) is 68.6 Å². The number of nitrogens with one attached hydrogen (secondary N) is 2. The molecule has 0 bridgehead atoms. The Morgan fingerprint density at radius 2 is 1.85 bits per heavy atom. The fourth-order valence-corrected chi connectivity index (χ4v) is 7.53. The number of rotatable bonds is 9. The Morgan fingerprint density at radius 1 is 1.10 bits per heavy atom. The molecule has 3 aliphatic heterocycles. The average Bonchev–Trinajstić information content (AvgIpc) is 3.58. The summed E-state index contributed by atoms with van der Waals surface area (Å²) in [5, 5.41) is 7.10. The lowest BCUT2D eigenvalue weighted by molar-refractivity contribution is -0.122. The molecule has 0 aliphatic carbocycles. The number of ketones is 1. The molecule has 0 radical (unpaired) electrons. The van der Waals surface area contributed by atoms with Crippen LogP contribution in [0, 0.1) is 11.2 Å². The van der Waals surface area contributed by atoms with Crippen molar-refractivity contribution in [1.82, 2.24) is 10.2 Å². The highest BCUT2D eigenvalue weighted by molar-refractivity contribution is 6.31. The van der Waals surface area contributed by atoms with Crippen molar-refractivity contribution in [1.29, 1.82) is 0 Å². The molecule has 3 heterocycles. The second-order valence-electron chi connectivity index (χ2n) is 12.9. The number of anilines is 1. The number of fused-ring (bicyclic) bond motifs is 2. The van der Waals surface area contributed by atoms with E-state index in [-0.39, 0.29) is 22.1 Å².